The quantitative estimate of drug-likeness (QED) is 0.788. The lowest BCUT2D eigenvalue weighted by atomic mass is 9.71. The lowest BCUT2D eigenvalue weighted by molar-refractivity contribution is -0.0146. The van der Waals surface area contributed by atoms with Crippen molar-refractivity contribution >= 4 is 11.8 Å². The summed E-state index contributed by atoms with van der Waals surface area (Å²) < 4.78 is 0. The number of carbonyl (C=O) groups is 1. The molecule has 20 heavy (non-hydrogen) atoms. The highest BCUT2D eigenvalue weighted by atomic mass is 16.4. The highest BCUT2D eigenvalue weighted by Crippen LogP contribution is 2.40. The van der Waals surface area contributed by atoms with Crippen molar-refractivity contribution in [1.29, 1.82) is 0 Å². The fraction of sp³-hybridized carbons (Fsp3) is 0.600. The van der Waals surface area contributed by atoms with Gasteiger partial charge in [0, 0.05) is 12.7 Å². The molecule has 0 aromatic carbocycles. The highest BCUT2D eigenvalue weighted by molar-refractivity contribution is 5.92. The smallest absolute Gasteiger partial charge is 0.339 e. The molecule has 0 saturated heterocycles. The van der Waals surface area contributed by atoms with Gasteiger partial charge < -0.3 is 15.5 Å². The highest BCUT2D eigenvalue weighted by Gasteiger charge is 2.36. The van der Waals surface area contributed by atoms with Crippen LogP contribution < -0.4 is 5.32 Å². The standard InChI is InChI=1S/C15H22N2O3/c1-14(2)5-7-15(20,8-6-14)10-17-12-11(13(18)19)4-3-9-16-12/h3-4,9,20H,5-8,10H2,1-2H3,(H,16,17)(H,18,19). The van der Waals surface area contributed by atoms with Gasteiger partial charge in [0.2, 0.25) is 0 Å². The summed E-state index contributed by atoms with van der Waals surface area (Å²) in [5, 5.41) is 22.6. The summed E-state index contributed by atoms with van der Waals surface area (Å²) in [6.07, 6.45) is 4.94. The molecule has 110 valence electrons. The van der Waals surface area contributed by atoms with Crippen LogP contribution >= 0.6 is 0 Å². The first kappa shape index (κ1) is 14.8. The average Bonchev–Trinajstić information content (AvgIpc) is 2.41. The monoisotopic (exact) mass is 278 g/mol. The van der Waals surface area contributed by atoms with Gasteiger partial charge in [0.05, 0.1) is 5.60 Å². The molecule has 0 atom stereocenters. The van der Waals surface area contributed by atoms with Crippen LogP contribution in [0.5, 0.6) is 0 Å². The zero-order valence-corrected chi connectivity index (χ0v) is 12.0. The van der Waals surface area contributed by atoms with Gasteiger partial charge in [0.1, 0.15) is 11.4 Å². The molecule has 1 aliphatic rings. The molecule has 0 aliphatic heterocycles. The van der Waals surface area contributed by atoms with Gasteiger partial charge in [-0.25, -0.2) is 9.78 Å². The minimum absolute atomic E-state index is 0.132. The van der Waals surface area contributed by atoms with Crippen LogP contribution in [0.2, 0.25) is 0 Å². The number of hydrogen-bond acceptors (Lipinski definition) is 4. The minimum atomic E-state index is -1.02. The number of nitrogens with one attached hydrogen (secondary N) is 1. The van der Waals surface area contributed by atoms with Gasteiger partial charge in [-0.05, 0) is 43.2 Å². The number of carboxylic acids is 1. The Labute approximate surface area is 119 Å². The number of nitrogens with zero attached hydrogens (tertiary/aromatic N) is 1. The second-order valence-electron chi connectivity index (χ2n) is 6.45. The van der Waals surface area contributed by atoms with Crippen molar-refractivity contribution in [2.75, 3.05) is 11.9 Å². The molecule has 3 N–H and O–H groups in total. The Kier molecular flexibility index (Phi) is 3.99. The van der Waals surface area contributed by atoms with Crippen molar-refractivity contribution < 1.29 is 15.0 Å². The van der Waals surface area contributed by atoms with Crippen LogP contribution in [-0.2, 0) is 0 Å². The summed E-state index contributed by atoms with van der Waals surface area (Å²) in [7, 11) is 0. The maximum Gasteiger partial charge on any atom is 0.339 e. The molecule has 2 rings (SSSR count). The summed E-state index contributed by atoms with van der Waals surface area (Å²) in [4.78, 5) is 15.1. The van der Waals surface area contributed by atoms with E-state index < -0.39 is 11.6 Å². The predicted molar refractivity (Wildman–Crippen MR) is 76.9 cm³/mol. The first-order valence-electron chi connectivity index (χ1n) is 6.96. The molecular formula is C15H22N2O3. The summed E-state index contributed by atoms with van der Waals surface area (Å²) >= 11 is 0. The summed E-state index contributed by atoms with van der Waals surface area (Å²) in [6, 6.07) is 3.10. The van der Waals surface area contributed by atoms with Crippen LogP contribution in [0.15, 0.2) is 18.3 Å². The van der Waals surface area contributed by atoms with Crippen molar-refractivity contribution in [3.8, 4) is 0 Å². The number of aliphatic hydroxyl groups is 1. The van der Waals surface area contributed by atoms with Gasteiger partial charge >= 0.3 is 5.97 Å². The Hall–Kier alpha value is -1.62. The van der Waals surface area contributed by atoms with E-state index in [0.29, 0.717) is 12.4 Å². The molecule has 5 nitrogen and oxygen atoms in total. The zero-order valence-electron chi connectivity index (χ0n) is 12.0. The number of anilines is 1. The first-order chi connectivity index (χ1) is 9.31. The lowest BCUT2D eigenvalue weighted by Crippen LogP contribution is -2.42. The van der Waals surface area contributed by atoms with Crippen LogP contribution in [0.25, 0.3) is 0 Å². The molecule has 0 unspecified atom stereocenters. The van der Waals surface area contributed by atoms with E-state index in [1.54, 1.807) is 12.3 Å². The van der Waals surface area contributed by atoms with Crippen LogP contribution in [0.3, 0.4) is 0 Å². The van der Waals surface area contributed by atoms with E-state index in [1.807, 2.05) is 0 Å². The van der Waals surface area contributed by atoms with E-state index in [0.717, 1.165) is 25.7 Å². The molecule has 0 radical (unpaired) electrons. The van der Waals surface area contributed by atoms with Gasteiger partial charge in [-0.3, -0.25) is 0 Å². The molecular weight excluding hydrogens is 256 g/mol. The van der Waals surface area contributed by atoms with Gasteiger partial charge in [0.15, 0.2) is 0 Å². The van der Waals surface area contributed by atoms with Crippen LogP contribution in [0.4, 0.5) is 5.82 Å². The van der Waals surface area contributed by atoms with Crippen LogP contribution in [0.1, 0.15) is 49.9 Å². The van der Waals surface area contributed by atoms with Crippen molar-refractivity contribution in [3.05, 3.63) is 23.9 Å². The Morgan fingerprint density at radius 2 is 2.00 bits per heavy atom. The molecule has 5 heteroatoms. The molecule has 1 aliphatic carbocycles. The van der Waals surface area contributed by atoms with E-state index in [-0.39, 0.29) is 11.0 Å². The number of aromatic nitrogens is 1. The van der Waals surface area contributed by atoms with Crippen molar-refractivity contribution in [2.24, 2.45) is 5.41 Å². The summed E-state index contributed by atoms with van der Waals surface area (Å²) in [6.45, 7) is 4.75. The Morgan fingerprint density at radius 1 is 1.35 bits per heavy atom. The largest absolute Gasteiger partial charge is 0.478 e. The third kappa shape index (κ3) is 3.48. The number of pyridine rings is 1. The van der Waals surface area contributed by atoms with E-state index in [2.05, 4.69) is 24.1 Å². The topological polar surface area (TPSA) is 82.5 Å². The Morgan fingerprint density at radius 3 is 2.60 bits per heavy atom. The second-order valence-corrected chi connectivity index (χ2v) is 6.45. The molecule has 0 bridgehead atoms. The number of hydrogen-bond donors (Lipinski definition) is 3. The molecule has 1 fully saturated rings. The summed E-state index contributed by atoms with van der Waals surface area (Å²) in [5.74, 6) is -0.698. The summed E-state index contributed by atoms with van der Waals surface area (Å²) in [5.41, 5.74) is -0.362. The molecule has 0 spiro atoms. The SMILES string of the molecule is CC1(C)CCC(O)(CNc2ncccc2C(=O)O)CC1. The molecule has 1 heterocycles. The van der Waals surface area contributed by atoms with Crippen molar-refractivity contribution in [1.82, 2.24) is 4.98 Å². The maximum absolute atomic E-state index is 11.1. The minimum Gasteiger partial charge on any atom is -0.478 e. The maximum atomic E-state index is 11.1. The van der Waals surface area contributed by atoms with Gasteiger partial charge in [-0.1, -0.05) is 13.8 Å². The van der Waals surface area contributed by atoms with E-state index in [9.17, 15) is 9.90 Å². The fourth-order valence-electron chi connectivity index (χ4n) is 2.54. The van der Waals surface area contributed by atoms with Gasteiger partial charge in [-0.2, -0.15) is 0 Å². The van der Waals surface area contributed by atoms with Crippen molar-refractivity contribution in [3.63, 3.8) is 0 Å². The zero-order chi connectivity index (χ0) is 14.8. The van der Waals surface area contributed by atoms with Crippen molar-refractivity contribution in [2.45, 2.75) is 45.1 Å². The van der Waals surface area contributed by atoms with Crippen LogP contribution in [-0.4, -0.2) is 33.3 Å². The normalized spacial score (nSPS) is 20.4. The Balaban J connectivity index is 2.01. The number of carboxylic acid groups (broad SMARTS) is 1. The predicted octanol–water partition coefficient (Wildman–Crippen LogP) is 2.52. The third-order valence-electron chi connectivity index (χ3n) is 4.16. The van der Waals surface area contributed by atoms with Crippen LogP contribution in [0, 0.1) is 5.41 Å². The van der Waals surface area contributed by atoms with Gasteiger partial charge in [0.25, 0.3) is 0 Å². The second kappa shape index (κ2) is 5.40. The fourth-order valence-corrected chi connectivity index (χ4v) is 2.54. The molecule has 1 aromatic heterocycles. The molecule has 1 aromatic rings. The lowest BCUT2D eigenvalue weighted by Gasteiger charge is -2.40. The number of rotatable bonds is 4. The third-order valence-corrected chi connectivity index (χ3v) is 4.16. The average molecular weight is 278 g/mol. The van der Waals surface area contributed by atoms with E-state index in [4.69, 9.17) is 5.11 Å². The molecule has 1 saturated carbocycles. The van der Waals surface area contributed by atoms with E-state index >= 15 is 0 Å². The number of aromatic carboxylic acids is 1. The first-order valence-corrected chi connectivity index (χ1v) is 6.96. The Bertz CT molecular complexity index is 490. The van der Waals surface area contributed by atoms with E-state index in [1.165, 1.54) is 6.07 Å². The van der Waals surface area contributed by atoms with Gasteiger partial charge in [-0.15, -0.1) is 0 Å². The molecule has 0 amide bonds.